The van der Waals surface area contributed by atoms with Gasteiger partial charge in [-0.2, -0.15) is 0 Å². The van der Waals surface area contributed by atoms with Crippen molar-refractivity contribution in [3.05, 3.63) is 24.3 Å². The second-order valence-corrected chi connectivity index (χ2v) is 4.54. The molecule has 0 heterocycles. The minimum atomic E-state index is 0.650. The normalized spacial score (nSPS) is 11.7. The Bertz CT molecular complexity index is 295. The summed E-state index contributed by atoms with van der Waals surface area (Å²) in [4.78, 5) is 2.33. The van der Waals surface area contributed by atoms with Gasteiger partial charge in [0.1, 0.15) is 5.04 Å². The lowest BCUT2D eigenvalue weighted by Gasteiger charge is -2.00. The van der Waals surface area contributed by atoms with E-state index in [2.05, 4.69) is 17.3 Å². The van der Waals surface area contributed by atoms with E-state index in [-0.39, 0.29) is 0 Å². The Morgan fingerprint density at radius 1 is 1.23 bits per heavy atom. The van der Waals surface area contributed by atoms with Gasteiger partial charge in [0.15, 0.2) is 0 Å². The smallest absolute Gasteiger partial charge is 0.114 e. The van der Waals surface area contributed by atoms with Crippen LogP contribution >= 0.6 is 23.5 Å². The summed E-state index contributed by atoms with van der Waals surface area (Å²) in [5.41, 5.74) is 0. The molecule has 0 bridgehead atoms. The van der Waals surface area contributed by atoms with Crippen LogP contribution in [0.2, 0.25) is 0 Å². The van der Waals surface area contributed by atoms with Crippen LogP contribution in [0.4, 0.5) is 0 Å². The lowest BCUT2D eigenvalue weighted by Crippen LogP contribution is -1.82. The Balaban J connectivity index is 2.69. The van der Waals surface area contributed by atoms with Gasteiger partial charge in [-0.25, -0.2) is 0 Å². The van der Waals surface area contributed by atoms with E-state index in [1.807, 2.05) is 18.4 Å². The van der Waals surface area contributed by atoms with Crippen LogP contribution in [0.3, 0.4) is 0 Å². The van der Waals surface area contributed by atoms with E-state index >= 15 is 0 Å². The molecular formula is C9H11NOS2. The van der Waals surface area contributed by atoms with Crippen molar-refractivity contribution in [3.8, 4) is 0 Å². The molecular weight excluding hydrogens is 202 g/mol. The van der Waals surface area contributed by atoms with Gasteiger partial charge in [-0.3, -0.25) is 0 Å². The predicted octanol–water partition coefficient (Wildman–Crippen LogP) is 3.31. The third-order valence-corrected chi connectivity index (χ3v) is 3.09. The maximum absolute atomic E-state index is 8.46. The summed E-state index contributed by atoms with van der Waals surface area (Å²) in [5, 5.41) is 12.2. The molecule has 13 heavy (non-hydrogen) atoms. The second-order valence-electron chi connectivity index (χ2n) is 2.40. The number of thioether (sulfide) groups is 2. The van der Waals surface area contributed by atoms with Gasteiger partial charge in [-0.1, -0.05) is 16.9 Å². The molecule has 0 fully saturated rings. The standard InChI is InChI=1S/C9H11NOS2/c1-7(10-11)13-9-5-3-8(12-2)4-6-9/h3-6,11H,1-2H3/b10-7-. The Morgan fingerprint density at radius 3 is 2.23 bits per heavy atom. The number of rotatable bonds is 2. The minimum Gasteiger partial charge on any atom is -0.410 e. The van der Waals surface area contributed by atoms with Crippen LogP contribution in [0, 0.1) is 0 Å². The number of benzene rings is 1. The van der Waals surface area contributed by atoms with Crippen molar-refractivity contribution < 1.29 is 5.21 Å². The lowest BCUT2D eigenvalue weighted by molar-refractivity contribution is 0.320. The molecule has 0 unspecified atom stereocenters. The number of hydrogen-bond acceptors (Lipinski definition) is 4. The van der Waals surface area contributed by atoms with Crippen LogP contribution in [0.1, 0.15) is 6.92 Å². The minimum absolute atomic E-state index is 0.650. The summed E-state index contributed by atoms with van der Waals surface area (Å²) in [6.45, 7) is 1.77. The summed E-state index contributed by atoms with van der Waals surface area (Å²) < 4.78 is 0. The average Bonchev–Trinajstić information content (AvgIpc) is 2.19. The quantitative estimate of drug-likeness (QED) is 0.269. The fourth-order valence-electron chi connectivity index (χ4n) is 0.835. The number of nitrogens with zero attached hydrogens (tertiary/aromatic N) is 1. The molecule has 0 spiro atoms. The third-order valence-electron chi connectivity index (χ3n) is 1.47. The first-order valence-corrected chi connectivity index (χ1v) is 5.81. The van der Waals surface area contributed by atoms with Crippen LogP contribution in [-0.2, 0) is 0 Å². The SMILES string of the molecule is CSc1ccc(S/C(C)=N\O)cc1. The van der Waals surface area contributed by atoms with Gasteiger partial charge in [-0.05, 0) is 37.4 Å². The Morgan fingerprint density at radius 2 is 1.77 bits per heavy atom. The first kappa shape index (κ1) is 10.5. The lowest BCUT2D eigenvalue weighted by atomic mass is 10.4. The number of hydrogen-bond donors (Lipinski definition) is 1. The molecule has 70 valence electrons. The molecule has 1 aromatic carbocycles. The van der Waals surface area contributed by atoms with Crippen LogP contribution in [-0.4, -0.2) is 16.5 Å². The monoisotopic (exact) mass is 213 g/mol. The van der Waals surface area contributed by atoms with Crippen molar-refractivity contribution in [3.63, 3.8) is 0 Å². The number of oxime groups is 1. The van der Waals surface area contributed by atoms with Crippen molar-refractivity contribution in [2.45, 2.75) is 16.7 Å². The summed E-state index contributed by atoms with van der Waals surface area (Å²) in [7, 11) is 0. The van der Waals surface area contributed by atoms with Gasteiger partial charge in [0.05, 0.1) is 0 Å². The van der Waals surface area contributed by atoms with Crippen molar-refractivity contribution in [1.29, 1.82) is 0 Å². The fourth-order valence-corrected chi connectivity index (χ4v) is 1.90. The van der Waals surface area contributed by atoms with E-state index < -0.39 is 0 Å². The predicted molar refractivity (Wildman–Crippen MR) is 59.0 cm³/mol. The molecule has 0 aliphatic rings. The molecule has 0 aliphatic heterocycles. The van der Waals surface area contributed by atoms with E-state index in [1.54, 1.807) is 18.7 Å². The topological polar surface area (TPSA) is 32.6 Å². The molecule has 0 saturated heterocycles. The van der Waals surface area contributed by atoms with Crippen LogP contribution < -0.4 is 0 Å². The highest BCUT2D eigenvalue weighted by molar-refractivity contribution is 8.13. The van der Waals surface area contributed by atoms with Crippen LogP contribution in [0.15, 0.2) is 39.2 Å². The fraction of sp³-hybridized carbons (Fsp3) is 0.222. The van der Waals surface area contributed by atoms with Crippen LogP contribution in [0.5, 0.6) is 0 Å². The van der Waals surface area contributed by atoms with Gasteiger partial charge in [-0.15, -0.1) is 11.8 Å². The molecule has 0 radical (unpaired) electrons. The van der Waals surface area contributed by atoms with Crippen molar-refractivity contribution in [2.75, 3.05) is 6.26 Å². The van der Waals surface area contributed by atoms with Crippen molar-refractivity contribution >= 4 is 28.6 Å². The first-order chi connectivity index (χ1) is 6.26. The molecule has 0 aliphatic carbocycles. The molecule has 4 heteroatoms. The molecule has 0 atom stereocenters. The zero-order valence-corrected chi connectivity index (χ0v) is 9.15. The maximum Gasteiger partial charge on any atom is 0.114 e. The van der Waals surface area contributed by atoms with E-state index in [1.165, 1.54) is 16.7 Å². The van der Waals surface area contributed by atoms with Gasteiger partial charge in [0, 0.05) is 9.79 Å². The summed E-state index contributed by atoms with van der Waals surface area (Å²) >= 11 is 3.17. The molecule has 1 aromatic rings. The molecule has 1 N–H and O–H groups in total. The highest BCUT2D eigenvalue weighted by Crippen LogP contribution is 2.22. The highest BCUT2D eigenvalue weighted by Gasteiger charge is 1.97. The Hall–Kier alpha value is -0.610. The van der Waals surface area contributed by atoms with Crippen molar-refractivity contribution in [2.24, 2.45) is 5.16 Å². The molecule has 1 rings (SSSR count). The average molecular weight is 213 g/mol. The van der Waals surface area contributed by atoms with E-state index in [4.69, 9.17) is 5.21 Å². The zero-order chi connectivity index (χ0) is 9.68. The van der Waals surface area contributed by atoms with Gasteiger partial charge >= 0.3 is 0 Å². The molecule has 0 amide bonds. The van der Waals surface area contributed by atoms with Gasteiger partial charge < -0.3 is 5.21 Å². The van der Waals surface area contributed by atoms with E-state index in [9.17, 15) is 0 Å². The molecule has 0 saturated carbocycles. The van der Waals surface area contributed by atoms with Crippen molar-refractivity contribution in [1.82, 2.24) is 0 Å². The maximum atomic E-state index is 8.46. The summed E-state index contributed by atoms with van der Waals surface area (Å²) in [6, 6.07) is 8.14. The zero-order valence-electron chi connectivity index (χ0n) is 7.52. The largest absolute Gasteiger partial charge is 0.410 e. The molecule has 0 aromatic heterocycles. The van der Waals surface area contributed by atoms with E-state index in [0.29, 0.717) is 5.04 Å². The second kappa shape index (κ2) is 5.19. The first-order valence-electron chi connectivity index (χ1n) is 3.77. The Labute approximate surface area is 86.4 Å². The molecule has 2 nitrogen and oxygen atoms in total. The highest BCUT2D eigenvalue weighted by atomic mass is 32.2. The summed E-state index contributed by atoms with van der Waals surface area (Å²) in [6.07, 6.45) is 2.04. The summed E-state index contributed by atoms with van der Waals surface area (Å²) in [5.74, 6) is 0. The van der Waals surface area contributed by atoms with E-state index in [0.717, 1.165) is 4.90 Å². The van der Waals surface area contributed by atoms with Gasteiger partial charge in [0.25, 0.3) is 0 Å². The van der Waals surface area contributed by atoms with Crippen LogP contribution in [0.25, 0.3) is 0 Å². The third kappa shape index (κ3) is 3.32. The Kier molecular flexibility index (Phi) is 4.18. The van der Waals surface area contributed by atoms with Gasteiger partial charge in [0.2, 0.25) is 0 Å².